The Morgan fingerprint density at radius 3 is 2.20 bits per heavy atom. The summed E-state index contributed by atoms with van der Waals surface area (Å²) in [5.41, 5.74) is 1.36. The molecule has 0 aliphatic heterocycles. The molecule has 0 saturated carbocycles. The summed E-state index contributed by atoms with van der Waals surface area (Å²) >= 11 is 0. The molecule has 0 saturated heterocycles. The number of benzene rings is 2. The van der Waals surface area contributed by atoms with Crippen LogP contribution in [0.4, 0.5) is 18.9 Å². The third-order valence-corrected chi connectivity index (χ3v) is 3.55. The number of rotatable bonds is 5. The molecule has 132 valence electrons. The Morgan fingerprint density at radius 2 is 1.60 bits per heavy atom. The molecule has 7 heteroatoms. The van der Waals surface area contributed by atoms with Crippen LogP contribution in [0.3, 0.4) is 0 Å². The maximum absolute atomic E-state index is 12.5. The van der Waals surface area contributed by atoms with E-state index in [0.29, 0.717) is 6.54 Å². The van der Waals surface area contributed by atoms with Gasteiger partial charge in [-0.1, -0.05) is 24.3 Å². The summed E-state index contributed by atoms with van der Waals surface area (Å²) < 4.78 is 37.4. The first kappa shape index (κ1) is 18.5. The predicted octanol–water partition coefficient (Wildman–Crippen LogP) is 3.66. The Balaban J connectivity index is 1.83. The van der Waals surface area contributed by atoms with Gasteiger partial charge in [-0.05, 0) is 42.3 Å². The average molecular weight is 350 g/mol. The predicted molar refractivity (Wildman–Crippen MR) is 87.7 cm³/mol. The Hall–Kier alpha value is -2.83. The van der Waals surface area contributed by atoms with Crippen molar-refractivity contribution in [2.24, 2.45) is 0 Å². The number of carbonyl (C=O) groups excluding carboxylic acids is 2. The lowest BCUT2D eigenvalue weighted by molar-refractivity contribution is -0.137. The first-order valence-electron chi connectivity index (χ1n) is 7.54. The van der Waals surface area contributed by atoms with Crippen LogP contribution in [0.2, 0.25) is 0 Å². The fourth-order valence-electron chi connectivity index (χ4n) is 2.16. The van der Waals surface area contributed by atoms with Gasteiger partial charge in [0.1, 0.15) is 6.42 Å². The summed E-state index contributed by atoms with van der Waals surface area (Å²) in [6, 6.07) is 11.6. The minimum absolute atomic E-state index is 0.199. The molecule has 0 bridgehead atoms. The van der Waals surface area contributed by atoms with Crippen molar-refractivity contribution in [1.82, 2.24) is 5.32 Å². The molecule has 0 fully saturated rings. The van der Waals surface area contributed by atoms with E-state index in [0.717, 1.165) is 35.4 Å². The van der Waals surface area contributed by atoms with Gasteiger partial charge < -0.3 is 10.6 Å². The smallest absolute Gasteiger partial charge is 0.352 e. The molecule has 25 heavy (non-hydrogen) atoms. The lowest BCUT2D eigenvalue weighted by atomic mass is 10.1. The zero-order valence-corrected chi connectivity index (χ0v) is 13.5. The largest absolute Gasteiger partial charge is 0.416 e. The molecule has 2 rings (SSSR count). The van der Waals surface area contributed by atoms with Gasteiger partial charge in [-0.3, -0.25) is 9.59 Å². The molecule has 4 nitrogen and oxygen atoms in total. The first-order chi connectivity index (χ1) is 11.8. The van der Waals surface area contributed by atoms with Crippen LogP contribution in [0.5, 0.6) is 0 Å². The third kappa shape index (κ3) is 5.63. The number of alkyl halides is 3. The van der Waals surface area contributed by atoms with Crippen molar-refractivity contribution in [2.75, 3.05) is 5.32 Å². The van der Waals surface area contributed by atoms with Gasteiger partial charge in [-0.2, -0.15) is 13.2 Å². The zero-order valence-electron chi connectivity index (χ0n) is 13.5. The van der Waals surface area contributed by atoms with E-state index in [4.69, 9.17) is 0 Å². The van der Waals surface area contributed by atoms with Crippen LogP contribution >= 0.6 is 0 Å². The number of aryl methyl sites for hydroxylation is 1. The normalized spacial score (nSPS) is 11.0. The van der Waals surface area contributed by atoms with Crippen molar-refractivity contribution >= 4 is 17.5 Å². The van der Waals surface area contributed by atoms with Crippen LogP contribution in [0.15, 0.2) is 48.5 Å². The quantitative estimate of drug-likeness (QED) is 0.809. The molecule has 0 unspecified atom stereocenters. The number of halogens is 3. The van der Waals surface area contributed by atoms with E-state index in [9.17, 15) is 22.8 Å². The molecule has 2 amide bonds. The van der Waals surface area contributed by atoms with Gasteiger partial charge in [0.2, 0.25) is 11.8 Å². The maximum atomic E-state index is 12.5. The molecule has 0 aliphatic carbocycles. The lowest BCUT2D eigenvalue weighted by Gasteiger charge is -2.10. The molecule has 0 atom stereocenters. The van der Waals surface area contributed by atoms with Crippen molar-refractivity contribution in [3.8, 4) is 0 Å². The Kier molecular flexibility index (Phi) is 5.80. The molecule has 2 aromatic rings. The van der Waals surface area contributed by atoms with Crippen molar-refractivity contribution in [1.29, 1.82) is 0 Å². The Labute approximate surface area is 143 Å². The minimum Gasteiger partial charge on any atom is -0.352 e. The summed E-state index contributed by atoms with van der Waals surface area (Å²) in [4.78, 5) is 23.6. The summed E-state index contributed by atoms with van der Waals surface area (Å²) in [6.07, 6.45) is -4.84. The standard InChI is InChI=1S/C18H17F3N2O2/c1-12-4-2-3-5-13(12)11-22-16(24)10-17(25)23-15-8-6-14(7-9-15)18(19,20)21/h2-9H,10-11H2,1H3,(H,22,24)(H,23,25). The van der Waals surface area contributed by atoms with Crippen molar-refractivity contribution < 1.29 is 22.8 Å². The van der Waals surface area contributed by atoms with E-state index >= 15 is 0 Å². The van der Waals surface area contributed by atoms with Gasteiger partial charge in [0, 0.05) is 12.2 Å². The fourth-order valence-corrected chi connectivity index (χ4v) is 2.16. The Bertz CT molecular complexity index is 756. The summed E-state index contributed by atoms with van der Waals surface area (Å²) in [5.74, 6) is -1.06. The molecular weight excluding hydrogens is 333 g/mol. The lowest BCUT2D eigenvalue weighted by Crippen LogP contribution is -2.28. The number of hydrogen-bond donors (Lipinski definition) is 2. The molecule has 0 aromatic heterocycles. The van der Waals surface area contributed by atoms with Crippen molar-refractivity contribution in [2.45, 2.75) is 26.1 Å². The minimum atomic E-state index is -4.43. The van der Waals surface area contributed by atoms with E-state index in [1.807, 2.05) is 31.2 Å². The van der Waals surface area contributed by atoms with Crippen LogP contribution in [0, 0.1) is 6.92 Å². The summed E-state index contributed by atoms with van der Waals surface area (Å²) in [6.45, 7) is 2.22. The summed E-state index contributed by atoms with van der Waals surface area (Å²) in [7, 11) is 0. The van der Waals surface area contributed by atoms with Gasteiger partial charge in [0.15, 0.2) is 0 Å². The van der Waals surface area contributed by atoms with Gasteiger partial charge in [-0.15, -0.1) is 0 Å². The van der Waals surface area contributed by atoms with Crippen molar-refractivity contribution in [3.63, 3.8) is 0 Å². The van der Waals surface area contributed by atoms with Crippen molar-refractivity contribution in [3.05, 3.63) is 65.2 Å². The van der Waals surface area contributed by atoms with E-state index < -0.39 is 30.0 Å². The fraction of sp³-hybridized carbons (Fsp3) is 0.222. The number of anilines is 1. The molecule has 0 aliphatic rings. The highest BCUT2D eigenvalue weighted by Crippen LogP contribution is 2.29. The number of hydrogen-bond acceptors (Lipinski definition) is 2. The second-order valence-corrected chi connectivity index (χ2v) is 5.50. The zero-order chi connectivity index (χ0) is 18.4. The monoisotopic (exact) mass is 350 g/mol. The highest BCUT2D eigenvalue weighted by atomic mass is 19.4. The Morgan fingerprint density at radius 1 is 0.960 bits per heavy atom. The van der Waals surface area contributed by atoms with Gasteiger partial charge in [-0.25, -0.2) is 0 Å². The van der Waals surface area contributed by atoms with Gasteiger partial charge >= 0.3 is 6.18 Å². The van der Waals surface area contributed by atoms with Crippen LogP contribution in [0.25, 0.3) is 0 Å². The van der Waals surface area contributed by atoms with Crippen LogP contribution in [0.1, 0.15) is 23.1 Å². The number of nitrogens with one attached hydrogen (secondary N) is 2. The molecule has 0 spiro atoms. The highest BCUT2D eigenvalue weighted by molar-refractivity contribution is 6.03. The van der Waals surface area contributed by atoms with E-state index in [1.54, 1.807) is 0 Å². The second-order valence-electron chi connectivity index (χ2n) is 5.50. The SMILES string of the molecule is Cc1ccccc1CNC(=O)CC(=O)Nc1ccc(C(F)(F)F)cc1. The van der Waals surface area contributed by atoms with Crippen LogP contribution in [-0.4, -0.2) is 11.8 Å². The van der Waals surface area contributed by atoms with E-state index in [2.05, 4.69) is 10.6 Å². The first-order valence-corrected chi connectivity index (χ1v) is 7.54. The number of carbonyl (C=O) groups is 2. The molecule has 2 N–H and O–H groups in total. The van der Waals surface area contributed by atoms with E-state index in [1.165, 1.54) is 0 Å². The van der Waals surface area contributed by atoms with Gasteiger partial charge in [0.05, 0.1) is 5.56 Å². The molecule has 0 radical (unpaired) electrons. The van der Waals surface area contributed by atoms with Crippen LogP contribution in [-0.2, 0) is 22.3 Å². The summed E-state index contributed by atoms with van der Waals surface area (Å²) in [5, 5.41) is 5.03. The maximum Gasteiger partial charge on any atom is 0.416 e. The highest BCUT2D eigenvalue weighted by Gasteiger charge is 2.30. The van der Waals surface area contributed by atoms with Gasteiger partial charge in [0.25, 0.3) is 0 Å². The molecule has 2 aromatic carbocycles. The average Bonchev–Trinajstić information content (AvgIpc) is 2.53. The topological polar surface area (TPSA) is 58.2 Å². The van der Waals surface area contributed by atoms with Crippen LogP contribution < -0.4 is 10.6 Å². The molecule has 0 heterocycles. The third-order valence-electron chi connectivity index (χ3n) is 3.55. The second kappa shape index (κ2) is 7.83. The number of amides is 2. The van der Waals surface area contributed by atoms with E-state index in [-0.39, 0.29) is 5.69 Å². The molecular formula is C18H17F3N2O2.